The normalized spacial score (nSPS) is 13.0. The van der Waals surface area contributed by atoms with Crippen molar-refractivity contribution in [1.29, 1.82) is 0 Å². The van der Waals surface area contributed by atoms with Gasteiger partial charge in [0.15, 0.2) is 0 Å². The Morgan fingerprint density at radius 3 is 2.31 bits per heavy atom. The molecule has 1 amide bonds. The van der Waals surface area contributed by atoms with Crippen molar-refractivity contribution in [2.45, 2.75) is 59.4 Å². The Bertz CT molecular complexity index is 143. The van der Waals surface area contributed by atoms with E-state index in [2.05, 4.69) is 19.2 Å². The van der Waals surface area contributed by atoms with Crippen LogP contribution in [0.3, 0.4) is 0 Å². The van der Waals surface area contributed by atoms with Crippen LogP contribution in [0, 0.1) is 5.92 Å². The van der Waals surface area contributed by atoms with Crippen molar-refractivity contribution < 1.29 is 4.79 Å². The van der Waals surface area contributed by atoms with Crippen LogP contribution in [0.4, 0.5) is 0 Å². The van der Waals surface area contributed by atoms with Gasteiger partial charge >= 0.3 is 0 Å². The lowest BCUT2D eigenvalue weighted by Crippen LogP contribution is -2.30. The minimum Gasteiger partial charge on any atom is -0.354 e. The minimum absolute atomic E-state index is 0.193. The first-order valence-corrected chi connectivity index (χ1v) is 5.35. The summed E-state index contributed by atoms with van der Waals surface area (Å²) >= 11 is 0. The zero-order valence-corrected chi connectivity index (χ0v) is 9.39. The van der Waals surface area contributed by atoms with Crippen molar-refractivity contribution in [3.05, 3.63) is 0 Å². The predicted octanol–water partition coefficient (Wildman–Crippen LogP) is 2.73. The highest BCUT2D eigenvalue weighted by molar-refractivity contribution is 5.76. The van der Waals surface area contributed by atoms with Gasteiger partial charge in [-0.25, -0.2) is 0 Å². The van der Waals surface area contributed by atoms with Gasteiger partial charge < -0.3 is 5.32 Å². The fourth-order valence-electron chi connectivity index (χ4n) is 1.41. The number of hydrogen-bond donors (Lipinski definition) is 1. The van der Waals surface area contributed by atoms with Gasteiger partial charge in [-0.2, -0.15) is 0 Å². The maximum absolute atomic E-state index is 11.3. The summed E-state index contributed by atoms with van der Waals surface area (Å²) in [6.45, 7) is 8.39. The number of rotatable bonds is 6. The Morgan fingerprint density at radius 1 is 1.23 bits per heavy atom. The number of amides is 1. The van der Waals surface area contributed by atoms with Gasteiger partial charge in [0.1, 0.15) is 0 Å². The second-order valence-corrected chi connectivity index (χ2v) is 4.15. The Labute approximate surface area is 82.1 Å². The van der Waals surface area contributed by atoms with Crippen molar-refractivity contribution in [1.82, 2.24) is 5.32 Å². The highest BCUT2D eigenvalue weighted by Gasteiger charge is 2.06. The molecule has 78 valence electrons. The van der Waals surface area contributed by atoms with Gasteiger partial charge in [0.2, 0.25) is 5.91 Å². The second kappa shape index (κ2) is 6.93. The maximum Gasteiger partial charge on any atom is 0.220 e. The first-order chi connectivity index (χ1) is 6.06. The molecule has 1 atom stereocenters. The molecule has 0 fully saturated rings. The van der Waals surface area contributed by atoms with E-state index in [4.69, 9.17) is 0 Å². The summed E-state index contributed by atoms with van der Waals surface area (Å²) in [5.74, 6) is 0.876. The highest BCUT2D eigenvalue weighted by atomic mass is 16.1. The number of hydrogen-bond acceptors (Lipinski definition) is 1. The molecular formula is C11H23NO. The summed E-state index contributed by atoms with van der Waals surface area (Å²) in [5, 5.41) is 2.90. The van der Waals surface area contributed by atoms with E-state index in [0.717, 1.165) is 6.42 Å². The lowest BCUT2D eigenvalue weighted by atomic mass is 10.0. The van der Waals surface area contributed by atoms with E-state index in [0.29, 0.717) is 12.3 Å². The molecule has 1 N–H and O–H groups in total. The van der Waals surface area contributed by atoms with Crippen LogP contribution in [-0.4, -0.2) is 11.9 Å². The first-order valence-electron chi connectivity index (χ1n) is 5.35. The predicted molar refractivity (Wildman–Crippen MR) is 56.6 cm³/mol. The van der Waals surface area contributed by atoms with Crippen molar-refractivity contribution in [2.24, 2.45) is 5.92 Å². The van der Waals surface area contributed by atoms with Crippen LogP contribution in [0.5, 0.6) is 0 Å². The molecule has 0 radical (unpaired) electrons. The third-order valence-corrected chi connectivity index (χ3v) is 2.10. The van der Waals surface area contributed by atoms with Gasteiger partial charge in [-0.3, -0.25) is 4.79 Å². The zero-order chi connectivity index (χ0) is 10.3. The van der Waals surface area contributed by atoms with Crippen LogP contribution in [-0.2, 0) is 4.79 Å². The van der Waals surface area contributed by atoms with Crippen molar-refractivity contribution in [3.8, 4) is 0 Å². The molecule has 0 saturated carbocycles. The van der Waals surface area contributed by atoms with Crippen molar-refractivity contribution in [2.75, 3.05) is 0 Å². The quantitative estimate of drug-likeness (QED) is 0.677. The Hall–Kier alpha value is -0.530. The standard InChI is InChI=1S/C11H23NO/c1-5-6-10(4)7-8-11(13)12-9(2)3/h9-10H,5-8H2,1-4H3,(H,12,13). The highest BCUT2D eigenvalue weighted by Crippen LogP contribution is 2.11. The summed E-state index contributed by atoms with van der Waals surface area (Å²) in [7, 11) is 0. The minimum atomic E-state index is 0.193. The third-order valence-electron chi connectivity index (χ3n) is 2.10. The summed E-state index contributed by atoms with van der Waals surface area (Å²) in [4.78, 5) is 11.3. The van der Waals surface area contributed by atoms with Crippen molar-refractivity contribution in [3.63, 3.8) is 0 Å². The van der Waals surface area contributed by atoms with Crippen molar-refractivity contribution >= 4 is 5.91 Å². The molecule has 0 aliphatic rings. The fraction of sp³-hybridized carbons (Fsp3) is 0.909. The third kappa shape index (κ3) is 7.82. The molecule has 0 aliphatic heterocycles. The van der Waals surface area contributed by atoms with Crippen LogP contribution < -0.4 is 5.32 Å². The molecule has 0 bridgehead atoms. The fourth-order valence-corrected chi connectivity index (χ4v) is 1.41. The summed E-state index contributed by atoms with van der Waals surface area (Å²) < 4.78 is 0. The van der Waals surface area contributed by atoms with E-state index in [-0.39, 0.29) is 11.9 Å². The Morgan fingerprint density at radius 2 is 1.85 bits per heavy atom. The Balaban J connectivity index is 3.46. The van der Waals surface area contributed by atoms with E-state index in [1.165, 1.54) is 12.8 Å². The van der Waals surface area contributed by atoms with Crippen LogP contribution in [0.15, 0.2) is 0 Å². The van der Waals surface area contributed by atoms with Gasteiger partial charge in [0.25, 0.3) is 0 Å². The lowest BCUT2D eigenvalue weighted by Gasteiger charge is -2.11. The monoisotopic (exact) mass is 185 g/mol. The molecule has 2 heteroatoms. The average Bonchev–Trinajstić information content (AvgIpc) is 2.00. The molecule has 13 heavy (non-hydrogen) atoms. The van der Waals surface area contributed by atoms with E-state index in [1.807, 2.05) is 13.8 Å². The molecule has 0 aromatic rings. The summed E-state index contributed by atoms with van der Waals surface area (Å²) in [6.07, 6.45) is 4.15. The zero-order valence-electron chi connectivity index (χ0n) is 9.39. The van der Waals surface area contributed by atoms with Gasteiger partial charge in [-0.15, -0.1) is 0 Å². The Kier molecular flexibility index (Phi) is 6.65. The molecule has 1 unspecified atom stereocenters. The smallest absolute Gasteiger partial charge is 0.220 e. The first kappa shape index (κ1) is 12.5. The van der Waals surface area contributed by atoms with E-state index in [9.17, 15) is 4.79 Å². The molecule has 0 aromatic carbocycles. The SMILES string of the molecule is CCCC(C)CCC(=O)NC(C)C. The molecule has 0 aliphatic carbocycles. The van der Waals surface area contributed by atoms with Crippen LogP contribution in [0.2, 0.25) is 0 Å². The number of carbonyl (C=O) groups is 1. The molecule has 0 heterocycles. The second-order valence-electron chi connectivity index (χ2n) is 4.15. The van der Waals surface area contributed by atoms with Gasteiger partial charge in [0, 0.05) is 12.5 Å². The maximum atomic E-state index is 11.3. The number of nitrogens with one attached hydrogen (secondary N) is 1. The molecule has 0 aromatic heterocycles. The van der Waals surface area contributed by atoms with E-state index < -0.39 is 0 Å². The van der Waals surface area contributed by atoms with E-state index in [1.54, 1.807) is 0 Å². The molecule has 2 nitrogen and oxygen atoms in total. The number of carbonyl (C=O) groups excluding carboxylic acids is 1. The summed E-state index contributed by atoms with van der Waals surface area (Å²) in [6, 6.07) is 0.272. The topological polar surface area (TPSA) is 29.1 Å². The van der Waals surface area contributed by atoms with Gasteiger partial charge in [-0.1, -0.05) is 26.7 Å². The van der Waals surface area contributed by atoms with Crippen LogP contribution in [0.25, 0.3) is 0 Å². The van der Waals surface area contributed by atoms with Gasteiger partial charge in [-0.05, 0) is 26.2 Å². The summed E-state index contributed by atoms with van der Waals surface area (Å²) in [5.41, 5.74) is 0. The van der Waals surface area contributed by atoms with Gasteiger partial charge in [0.05, 0.1) is 0 Å². The molecule has 0 spiro atoms. The van der Waals surface area contributed by atoms with E-state index >= 15 is 0 Å². The lowest BCUT2D eigenvalue weighted by molar-refractivity contribution is -0.121. The van der Waals surface area contributed by atoms with Crippen LogP contribution in [0.1, 0.15) is 53.4 Å². The molecule has 0 rings (SSSR count). The largest absolute Gasteiger partial charge is 0.354 e. The van der Waals surface area contributed by atoms with Crippen LogP contribution >= 0.6 is 0 Å². The molecule has 0 saturated heterocycles. The molecular weight excluding hydrogens is 162 g/mol. The average molecular weight is 185 g/mol.